The molecule has 0 amide bonds. The lowest BCUT2D eigenvalue weighted by molar-refractivity contribution is -0.297. The maximum atomic E-state index is 10.5. The third-order valence-corrected chi connectivity index (χ3v) is 3.80. The summed E-state index contributed by atoms with van der Waals surface area (Å²) in [5.41, 5.74) is 0.0330. The number of hydrogen-bond acceptors (Lipinski definition) is 3. The van der Waals surface area contributed by atoms with Gasteiger partial charge in [0.25, 0.3) is 0 Å². The molecule has 0 radical (unpaired) electrons. The molecule has 0 aromatic heterocycles. The predicted molar refractivity (Wildman–Crippen MR) is 73.3 cm³/mol. The fraction of sp³-hybridized carbons (Fsp3) is 0.733. The number of rotatable bonds is 5. The summed E-state index contributed by atoms with van der Waals surface area (Å²) >= 11 is 0. The minimum Gasteiger partial charge on any atom is -0.390 e. The van der Waals surface area contributed by atoms with Crippen LogP contribution in [0.15, 0.2) is 23.8 Å². The Kier molecular flexibility index (Phi) is 5.14. The minimum absolute atomic E-state index is 0.309. The van der Waals surface area contributed by atoms with Crippen LogP contribution in [-0.2, 0) is 4.89 Å². The van der Waals surface area contributed by atoms with Gasteiger partial charge in [-0.15, -0.1) is 0 Å². The van der Waals surface area contributed by atoms with Gasteiger partial charge in [-0.1, -0.05) is 23.8 Å². The molecule has 0 bridgehead atoms. The van der Waals surface area contributed by atoms with Crippen molar-refractivity contribution in [1.82, 2.24) is 0 Å². The van der Waals surface area contributed by atoms with Gasteiger partial charge in [0.2, 0.25) is 0 Å². The monoisotopic (exact) mass is 254 g/mol. The van der Waals surface area contributed by atoms with Crippen LogP contribution in [0.2, 0.25) is 0 Å². The van der Waals surface area contributed by atoms with Gasteiger partial charge in [0.05, 0.1) is 5.60 Å². The lowest BCUT2D eigenvalue weighted by Gasteiger charge is -2.34. The van der Waals surface area contributed by atoms with E-state index in [1.807, 2.05) is 13.0 Å². The largest absolute Gasteiger partial charge is 0.390 e. The second-order valence-corrected chi connectivity index (χ2v) is 6.18. The van der Waals surface area contributed by atoms with Crippen molar-refractivity contribution in [2.24, 2.45) is 5.92 Å². The summed E-state index contributed by atoms with van der Waals surface area (Å²) < 4.78 is 0. The lowest BCUT2D eigenvalue weighted by Crippen LogP contribution is -2.35. The number of allylic oxidation sites excluding steroid dienone is 2. The first kappa shape index (κ1) is 15.4. The van der Waals surface area contributed by atoms with E-state index in [1.54, 1.807) is 19.9 Å². The normalized spacial score (nSPS) is 25.0. The molecule has 0 spiro atoms. The Labute approximate surface area is 110 Å². The van der Waals surface area contributed by atoms with Gasteiger partial charge in [-0.25, -0.2) is 4.89 Å². The van der Waals surface area contributed by atoms with Gasteiger partial charge in [-0.05, 0) is 59.3 Å². The Morgan fingerprint density at radius 3 is 2.61 bits per heavy atom. The third kappa shape index (κ3) is 4.56. The first-order chi connectivity index (χ1) is 8.27. The fourth-order valence-electron chi connectivity index (χ4n) is 2.31. The van der Waals surface area contributed by atoms with Crippen molar-refractivity contribution in [3.05, 3.63) is 23.8 Å². The van der Waals surface area contributed by atoms with Gasteiger partial charge in [0.15, 0.2) is 0 Å². The molecular formula is C15H26O3. The highest BCUT2D eigenvalue weighted by molar-refractivity contribution is 5.07. The van der Waals surface area contributed by atoms with Crippen LogP contribution in [0.1, 0.15) is 53.4 Å². The van der Waals surface area contributed by atoms with Gasteiger partial charge >= 0.3 is 0 Å². The van der Waals surface area contributed by atoms with Gasteiger partial charge < -0.3 is 5.11 Å². The zero-order chi connectivity index (χ0) is 13.8. The van der Waals surface area contributed by atoms with Crippen molar-refractivity contribution in [2.75, 3.05) is 0 Å². The Bertz CT molecular complexity index is 327. The summed E-state index contributed by atoms with van der Waals surface area (Å²) in [4.78, 5) is 4.33. The molecule has 2 atom stereocenters. The smallest absolute Gasteiger partial charge is 0.116 e. The van der Waals surface area contributed by atoms with Crippen LogP contribution in [0.4, 0.5) is 0 Å². The zero-order valence-electron chi connectivity index (χ0n) is 11.9. The maximum absolute atomic E-state index is 10.5. The molecule has 2 N–H and O–H groups in total. The van der Waals surface area contributed by atoms with Gasteiger partial charge in [-0.2, -0.15) is 0 Å². The van der Waals surface area contributed by atoms with E-state index >= 15 is 0 Å². The maximum Gasteiger partial charge on any atom is 0.116 e. The SMILES string of the molecule is CC1=CCC(C(C)(O)CC=CC(C)(C)OO)CC1. The summed E-state index contributed by atoms with van der Waals surface area (Å²) in [5, 5.41) is 19.2. The second kappa shape index (κ2) is 6.00. The number of aliphatic hydroxyl groups is 1. The van der Waals surface area contributed by atoms with Crippen LogP contribution in [0, 0.1) is 5.92 Å². The average Bonchev–Trinajstić information content (AvgIpc) is 2.29. The van der Waals surface area contributed by atoms with Crippen LogP contribution >= 0.6 is 0 Å². The highest BCUT2D eigenvalue weighted by Crippen LogP contribution is 2.34. The lowest BCUT2D eigenvalue weighted by atomic mass is 9.77. The van der Waals surface area contributed by atoms with Crippen molar-refractivity contribution in [3.63, 3.8) is 0 Å². The molecule has 1 aliphatic carbocycles. The Hall–Kier alpha value is -0.640. The summed E-state index contributed by atoms with van der Waals surface area (Å²) in [6.07, 6.45) is 9.56. The van der Waals surface area contributed by atoms with E-state index in [4.69, 9.17) is 5.26 Å². The fourth-order valence-corrected chi connectivity index (χ4v) is 2.31. The first-order valence-corrected chi connectivity index (χ1v) is 6.65. The Morgan fingerprint density at radius 2 is 2.11 bits per heavy atom. The Morgan fingerprint density at radius 1 is 1.44 bits per heavy atom. The topological polar surface area (TPSA) is 49.7 Å². The number of hydrogen-bond donors (Lipinski definition) is 2. The molecule has 0 heterocycles. The molecule has 0 aromatic carbocycles. The van der Waals surface area contributed by atoms with E-state index < -0.39 is 11.2 Å². The van der Waals surface area contributed by atoms with E-state index in [1.165, 1.54) is 5.57 Å². The predicted octanol–water partition coefficient (Wildman–Crippen LogP) is 3.70. The molecule has 1 rings (SSSR count). The van der Waals surface area contributed by atoms with Gasteiger partial charge in [0.1, 0.15) is 5.60 Å². The quantitative estimate of drug-likeness (QED) is 0.447. The molecule has 0 fully saturated rings. The first-order valence-electron chi connectivity index (χ1n) is 6.65. The molecule has 0 saturated heterocycles. The van der Waals surface area contributed by atoms with Crippen LogP contribution < -0.4 is 0 Å². The van der Waals surface area contributed by atoms with Crippen molar-refractivity contribution >= 4 is 0 Å². The molecule has 1 aliphatic rings. The van der Waals surface area contributed by atoms with Crippen LogP contribution in [-0.4, -0.2) is 21.6 Å². The highest BCUT2D eigenvalue weighted by atomic mass is 17.1. The van der Waals surface area contributed by atoms with E-state index in [9.17, 15) is 5.11 Å². The van der Waals surface area contributed by atoms with Crippen LogP contribution in [0.3, 0.4) is 0 Å². The van der Waals surface area contributed by atoms with Crippen molar-refractivity contribution < 1.29 is 15.3 Å². The molecule has 0 aromatic rings. The van der Waals surface area contributed by atoms with Gasteiger partial charge in [0, 0.05) is 0 Å². The summed E-state index contributed by atoms with van der Waals surface area (Å²) in [6.45, 7) is 7.57. The van der Waals surface area contributed by atoms with Crippen molar-refractivity contribution in [1.29, 1.82) is 0 Å². The highest BCUT2D eigenvalue weighted by Gasteiger charge is 2.31. The molecule has 0 saturated carbocycles. The van der Waals surface area contributed by atoms with E-state index in [0.29, 0.717) is 12.3 Å². The molecular weight excluding hydrogens is 228 g/mol. The third-order valence-electron chi connectivity index (χ3n) is 3.80. The van der Waals surface area contributed by atoms with Gasteiger partial charge in [-0.3, -0.25) is 5.26 Å². The molecule has 104 valence electrons. The van der Waals surface area contributed by atoms with Crippen molar-refractivity contribution in [2.45, 2.75) is 64.6 Å². The summed E-state index contributed by atoms with van der Waals surface area (Å²) in [6, 6.07) is 0. The standard InChI is InChI=1S/C15H26O3/c1-12-6-8-13(9-7-12)15(4,16)11-5-10-14(2,3)18-17/h5-6,10,13,16-17H,7-9,11H2,1-4H3. The average molecular weight is 254 g/mol. The Balaban J connectivity index is 2.55. The van der Waals surface area contributed by atoms with Crippen LogP contribution in [0.5, 0.6) is 0 Å². The minimum atomic E-state index is -0.695. The molecule has 18 heavy (non-hydrogen) atoms. The summed E-state index contributed by atoms with van der Waals surface area (Å²) in [7, 11) is 0. The molecule has 3 heteroatoms. The zero-order valence-corrected chi connectivity index (χ0v) is 11.9. The van der Waals surface area contributed by atoms with Crippen molar-refractivity contribution in [3.8, 4) is 0 Å². The van der Waals surface area contributed by atoms with E-state index in [2.05, 4.69) is 17.9 Å². The molecule has 0 aliphatic heterocycles. The van der Waals surface area contributed by atoms with E-state index in [-0.39, 0.29) is 0 Å². The van der Waals surface area contributed by atoms with E-state index in [0.717, 1.165) is 19.3 Å². The summed E-state index contributed by atoms with van der Waals surface area (Å²) in [5.74, 6) is 0.309. The molecule has 2 unspecified atom stereocenters. The molecule has 3 nitrogen and oxygen atoms in total. The van der Waals surface area contributed by atoms with Crippen LogP contribution in [0.25, 0.3) is 0 Å². The second-order valence-electron chi connectivity index (χ2n) is 6.18.